The molecule has 4 heteroatoms. The van der Waals surface area contributed by atoms with Gasteiger partial charge in [0.2, 0.25) is 0 Å². The van der Waals surface area contributed by atoms with Gasteiger partial charge in [0, 0.05) is 5.92 Å². The summed E-state index contributed by atoms with van der Waals surface area (Å²) in [6.45, 7) is 0.764. The summed E-state index contributed by atoms with van der Waals surface area (Å²) in [6.07, 6.45) is 6.03. The predicted molar refractivity (Wildman–Crippen MR) is 53.0 cm³/mol. The number of hydrogen-bond acceptors (Lipinski definition) is 3. The van der Waals surface area contributed by atoms with Crippen molar-refractivity contribution in [3.63, 3.8) is 0 Å². The molecular formula is C10H16N4. The molecule has 1 atom stereocenters. The lowest BCUT2D eigenvalue weighted by Crippen LogP contribution is -2.05. The van der Waals surface area contributed by atoms with Crippen LogP contribution in [0, 0.1) is 0 Å². The van der Waals surface area contributed by atoms with Gasteiger partial charge in [-0.05, 0) is 38.6 Å². The standard InChI is InChI=1S/C10H16N4/c11-6-5-7-1-4-9-10(7)12-13-14(9)8-2-3-8/h7-8H,1-6,11H2. The van der Waals surface area contributed by atoms with Crippen molar-refractivity contribution in [1.29, 1.82) is 0 Å². The molecular weight excluding hydrogens is 176 g/mol. The molecule has 1 heterocycles. The summed E-state index contributed by atoms with van der Waals surface area (Å²) in [6, 6.07) is 0.669. The summed E-state index contributed by atoms with van der Waals surface area (Å²) in [7, 11) is 0. The van der Waals surface area contributed by atoms with Crippen molar-refractivity contribution in [3.05, 3.63) is 11.4 Å². The maximum absolute atomic E-state index is 5.59. The number of aromatic nitrogens is 3. The quantitative estimate of drug-likeness (QED) is 0.777. The number of nitrogens with two attached hydrogens (primary N) is 1. The van der Waals surface area contributed by atoms with Crippen molar-refractivity contribution in [2.45, 2.75) is 44.1 Å². The molecule has 2 N–H and O–H groups in total. The largest absolute Gasteiger partial charge is 0.330 e. The van der Waals surface area contributed by atoms with Gasteiger partial charge in [0.15, 0.2) is 0 Å². The third-order valence-electron chi connectivity index (χ3n) is 3.35. The Labute approximate surface area is 83.5 Å². The van der Waals surface area contributed by atoms with E-state index in [1.165, 1.54) is 30.7 Å². The number of fused-ring (bicyclic) bond motifs is 1. The Kier molecular flexibility index (Phi) is 1.83. The SMILES string of the molecule is NCCC1CCc2c1nnn2C1CC1. The fourth-order valence-corrected chi connectivity index (χ4v) is 2.43. The van der Waals surface area contributed by atoms with Crippen LogP contribution in [0.5, 0.6) is 0 Å². The third kappa shape index (κ3) is 1.17. The lowest BCUT2D eigenvalue weighted by Gasteiger charge is -2.03. The lowest BCUT2D eigenvalue weighted by atomic mass is 10.0. The summed E-state index contributed by atoms with van der Waals surface area (Å²) in [5.74, 6) is 0.586. The second kappa shape index (κ2) is 3.05. The molecule has 2 aliphatic carbocycles. The molecule has 0 saturated heterocycles. The van der Waals surface area contributed by atoms with Crippen LogP contribution in [0.15, 0.2) is 0 Å². The Bertz CT molecular complexity index is 340. The maximum atomic E-state index is 5.59. The Balaban J connectivity index is 1.89. The fourth-order valence-electron chi connectivity index (χ4n) is 2.43. The molecule has 14 heavy (non-hydrogen) atoms. The van der Waals surface area contributed by atoms with Gasteiger partial charge in [0.1, 0.15) is 0 Å². The van der Waals surface area contributed by atoms with E-state index in [4.69, 9.17) is 5.73 Å². The summed E-state index contributed by atoms with van der Waals surface area (Å²) in [5.41, 5.74) is 8.22. The molecule has 1 unspecified atom stereocenters. The van der Waals surface area contributed by atoms with Crippen LogP contribution in [0.4, 0.5) is 0 Å². The van der Waals surface area contributed by atoms with Gasteiger partial charge in [0.05, 0.1) is 17.4 Å². The van der Waals surface area contributed by atoms with Crippen LogP contribution in [-0.4, -0.2) is 21.5 Å². The van der Waals surface area contributed by atoms with Gasteiger partial charge in [-0.25, -0.2) is 4.68 Å². The van der Waals surface area contributed by atoms with E-state index < -0.39 is 0 Å². The smallest absolute Gasteiger partial charge is 0.0890 e. The van der Waals surface area contributed by atoms with Crippen LogP contribution in [-0.2, 0) is 6.42 Å². The van der Waals surface area contributed by atoms with E-state index in [1.54, 1.807) is 0 Å². The zero-order valence-electron chi connectivity index (χ0n) is 8.32. The number of nitrogens with zero attached hydrogens (tertiary/aromatic N) is 3. The fraction of sp³-hybridized carbons (Fsp3) is 0.800. The zero-order chi connectivity index (χ0) is 9.54. The van der Waals surface area contributed by atoms with Crippen LogP contribution in [0.1, 0.15) is 49.0 Å². The van der Waals surface area contributed by atoms with E-state index in [9.17, 15) is 0 Å². The van der Waals surface area contributed by atoms with E-state index >= 15 is 0 Å². The molecule has 0 aliphatic heterocycles. The minimum atomic E-state index is 0.586. The highest BCUT2D eigenvalue weighted by molar-refractivity contribution is 5.23. The number of rotatable bonds is 3. The highest BCUT2D eigenvalue weighted by atomic mass is 15.5. The van der Waals surface area contributed by atoms with Crippen LogP contribution >= 0.6 is 0 Å². The van der Waals surface area contributed by atoms with Crippen LogP contribution in [0.3, 0.4) is 0 Å². The lowest BCUT2D eigenvalue weighted by molar-refractivity contribution is 0.552. The molecule has 0 bridgehead atoms. The normalized spacial score (nSPS) is 25.4. The van der Waals surface area contributed by atoms with Crippen molar-refractivity contribution in [2.24, 2.45) is 5.73 Å². The molecule has 0 spiro atoms. The van der Waals surface area contributed by atoms with E-state index in [-0.39, 0.29) is 0 Å². The van der Waals surface area contributed by atoms with Crippen molar-refractivity contribution in [1.82, 2.24) is 15.0 Å². The minimum Gasteiger partial charge on any atom is -0.330 e. The predicted octanol–water partition coefficient (Wildman–Crippen LogP) is 0.992. The van der Waals surface area contributed by atoms with Crippen LogP contribution in [0.2, 0.25) is 0 Å². The zero-order valence-corrected chi connectivity index (χ0v) is 8.32. The minimum absolute atomic E-state index is 0.586. The molecule has 4 nitrogen and oxygen atoms in total. The van der Waals surface area contributed by atoms with Crippen LogP contribution in [0.25, 0.3) is 0 Å². The molecule has 3 rings (SSSR count). The van der Waals surface area contributed by atoms with Gasteiger partial charge in [0.25, 0.3) is 0 Å². The third-order valence-corrected chi connectivity index (χ3v) is 3.35. The first-order chi connectivity index (χ1) is 6.90. The highest BCUT2D eigenvalue weighted by Gasteiger charge is 2.33. The molecule has 0 aromatic carbocycles. The summed E-state index contributed by atoms with van der Waals surface area (Å²) in [4.78, 5) is 0. The summed E-state index contributed by atoms with van der Waals surface area (Å²) < 4.78 is 2.16. The van der Waals surface area contributed by atoms with Crippen molar-refractivity contribution in [3.8, 4) is 0 Å². The second-order valence-corrected chi connectivity index (χ2v) is 4.41. The second-order valence-electron chi connectivity index (χ2n) is 4.41. The Morgan fingerprint density at radius 3 is 2.93 bits per heavy atom. The molecule has 1 fully saturated rings. The van der Waals surface area contributed by atoms with E-state index in [0.717, 1.165) is 19.4 Å². The van der Waals surface area contributed by atoms with Gasteiger partial charge < -0.3 is 5.73 Å². The van der Waals surface area contributed by atoms with Crippen molar-refractivity contribution >= 4 is 0 Å². The molecule has 1 saturated carbocycles. The molecule has 1 aromatic rings. The average Bonchev–Trinajstić information content (AvgIpc) is 2.81. The molecule has 2 aliphatic rings. The van der Waals surface area contributed by atoms with Crippen molar-refractivity contribution in [2.75, 3.05) is 6.54 Å². The van der Waals surface area contributed by atoms with Gasteiger partial charge in [-0.15, -0.1) is 5.10 Å². The Morgan fingerprint density at radius 2 is 2.21 bits per heavy atom. The molecule has 1 aromatic heterocycles. The van der Waals surface area contributed by atoms with Gasteiger partial charge in [-0.3, -0.25) is 0 Å². The van der Waals surface area contributed by atoms with E-state index in [0.29, 0.717) is 12.0 Å². The Hall–Kier alpha value is -0.900. The highest BCUT2D eigenvalue weighted by Crippen LogP contribution is 2.40. The first-order valence-corrected chi connectivity index (χ1v) is 5.54. The first kappa shape index (κ1) is 8.41. The van der Waals surface area contributed by atoms with E-state index in [1.807, 2.05) is 0 Å². The van der Waals surface area contributed by atoms with Gasteiger partial charge >= 0.3 is 0 Å². The van der Waals surface area contributed by atoms with E-state index in [2.05, 4.69) is 15.0 Å². The topological polar surface area (TPSA) is 56.7 Å². The Morgan fingerprint density at radius 1 is 1.36 bits per heavy atom. The molecule has 76 valence electrons. The molecule has 0 amide bonds. The monoisotopic (exact) mass is 192 g/mol. The first-order valence-electron chi connectivity index (χ1n) is 5.54. The number of hydrogen-bond donors (Lipinski definition) is 1. The summed E-state index contributed by atoms with van der Waals surface area (Å²) >= 11 is 0. The van der Waals surface area contributed by atoms with Crippen molar-refractivity contribution < 1.29 is 0 Å². The van der Waals surface area contributed by atoms with Crippen LogP contribution < -0.4 is 5.73 Å². The molecule has 0 radical (unpaired) electrons. The summed E-state index contributed by atoms with van der Waals surface area (Å²) in [5, 5.41) is 8.57. The maximum Gasteiger partial charge on any atom is 0.0890 e. The van der Waals surface area contributed by atoms with Gasteiger partial charge in [-0.2, -0.15) is 0 Å². The van der Waals surface area contributed by atoms with Gasteiger partial charge in [-0.1, -0.05) is 5.21 Å². The average molecular weight is 192 g/mol.